The fourth-order valence-electron chi connectivity index (χ4n) is 3.99. The fourth-order valence-corrected chi connectivity index (χ4v) is 5.40. The summed E-state index contributed by atoms with van der Waals surface area (Å²) in [6.45, 7) is 2.86. The van der Waals surface area contributed by atoms with Crippen LogP contribution in [0, 0.1) is 6.92 Å². The Labute approximate surface area is 213 Å². The number of rotatable bonds is 5. The number of aryl methyl sites for hydroxylation is 1. The van der Waals surface area contributed by atoms with Crippen LogP contribution in [0.25, 0.3) is 11.3 Å². The van der Waals surface area contributed by atoms with E-state index in [2.05, 4.69) is 30.6 Å². The van der Waals surface area contributed by atoms with Crippen LogP contribution in [-0.2, 0) is 0 Å². The lowest BCUT2D eigenvalue weighted by Crippen LogP contribution is -2.42. The summed E-state index contributed by atoms with van der Waals surface area (Å²) in [5, 5.41) is 11.7. The first-order valence-electron chi connectivity index (χ1n) is 11.2. The van der Waals surface area contributed by atoms with Gasteiger partial charge < -0.3 is 9.42 Å². The first-order valence-corrected chi connectivity index (χ1v) is 12.9. The Hall–Kier alpha value is -3.97. The first-order chi connectivity index (χ1) is 17.5. The topological polar surface area (TPSA) is 143 Å². The first kappa shape index (κ1) is 23.8. The number of aromatic nitrogens is 4. The average molecular weight is 524 g/mol. The lowest BCUT2D eigenvalue weighted by atomic mass is 9.96. The average Bonchev–Trinajstić information content (AvgIpc) is 3.69. The molecule has 1 aliphatic rings. The number of nitrogens with zero attached hydrogens (tertiary/aromatic N) is 5. The zero-order valence-corrected chi connectivity index (χ0v) is 20.8. The van der Waals surface area contributed by atoms with Crippen LogP contribution in [0.15, 0.2) is 45.6 Å². The van der Waals surface area contributed by atoms with Gasteiger partial charge in [0.25, 0.3) is 17.7 Å². The number of amides is 3. The van der Waals surface area contributed by atoms with Gasteiger partial charge in [-0.15, -0.1) is 16.4 Å². The summed E-state index contributed by atoms with van der Waals surface area (Å²) in [7, 11) is 0. The number of nitrogens with one attached hydrogen (secondary N) is 2. The van der Waals surface area contributed by atoms with Gasteiger partial charge in [-0.2, -0.15) is 0 Å². The smallest absolute Gasteiger partial charge is 0.291 e. The van der Waals surface area contributed by atoms with E-state index in [1.165, 1.54) is 16.7 Å². The Morgan fingerprint density at radius 1 is 1.03 bits per heavy atom. The molecule has 1 fully saturated rings. The normalized spacial score (nSPS) is 14.0. The molecule has 184 valence electrons. The molecule has 4 aromatic rings. The molecular weight excluding hydrogens is 502 g/mol. The SMILES string of the molecule is Cc1onc(-c2ccccc2)c1C(=O)N1CCC(c2nc(C(=O)NNC(=O)c3csnn3)cs2)CC1. The molecule has 5 rings (SSSR count). The molecule has 0 spiro atoms. The lowest BCUT2D eigenvalue weighted by molar-refractivity contribution is 0.0711. The molecule has 1 aliphatic heterocycles. The van der Waals surface area contributed by atoms with Crippen LogP contribution in [0.4, 0.5) is 0 Å². The molecular formula is C23H21N7O4S2. The summed E-state index contributed by atoms with van der Waals surface area (Å²) in [4.78, 5) is 43.9. The van der Waals surface area contributed by atoms with E-state index in [0.29, 0.717) is 30.1 Å². The number of carbonyl (C=O) groups excluding carboxylic acids is 3. The summed E-state index contributed by atoms with van der Waals surface area (Å²) < 4.78 is 8.97. The summed E-state index contributed by atoms with van der Waals surface area (Å²) in [5.74, 6) is -0.541. The van der Waals surface area contributed by atoms with Gasteiger partial charge in [0.2, 0.25) is 0 Å². The van der Waals surface area contributed by atoms with Crippen LogP contribution in [0.1, 0.15) is 60.9 Å². The van der Waals surface area contributed by atoms with E-state index in [0.717, 1.165) is 34.9 Å². The van der Waals surface area contributed by atoms with E-state index < -0.39 is 11.8 Å². The Bertz CT molecular complexity index is 1380. The molecule has 11 nitrogen and oxygen atoms in total. The summed E-state index contributed by atoms with van der Waals surface area (Å²) in [5.41, 5.74) is 6.85. The highest BCUT2D eigenvalue weighted by Gasteiger charge is 2.31. The van der Waals surface area contributed by atoms with Crippen LogP contribution >= 0.6 is 22.9 Å². The predicted octanol–water partition coefficient (Wildman–Crippen LogP) is 3.05. The summed E-state index contributed by atoms with van der Waals surface area (Å²) in [6.07, 6.45) is 1.44. The zero-order chi connectivity index (χ0) is 25.1. The quantitative estimate of drug-likeness (QED) is 0.380. The van der Waals surface area contributed by atoms with E-state index in [1.54, 1.807) is 12.3 Å². The van der Waals surface area contributed by atoms with Crippen LogP contribution in [-0.4, -0.2) is 55.4 Å². The highest BCUT2D eigenvalue weighted by Crippen LogP contribution is 2.32. The van der Waals surface area contributed by atoms with Crippen LogP contribution in [0.5, 0.6) is 0 Å². The Kier molecular flexibility index (Phi) is 6.82. The maximum atomic E-state index is 13.3. The Morgan fingerprint density at radius 2 is 1.75 bits per heavy atom. The van der Waals surface area contributed by atoms with Crippen molar-refractivity contribution in [3.63, 3.8) is 0 Å². The zero-order valence-electron chi connectivity index (χ0n) is 19.1. The second-order valence-corrected chi connectivity index (χ2v) is 9.66. The molecule has 0 radical (unpaired) electrons. The summed E-state index contributed by atoms with van der Waals surface area (Å²) >= 11 is 2.43. The molecule has 1 aromatic carbocycles. The molecule has 3 aromatic heterocycles. The van der Waals surface area contributed by atoms with Gasteiger partial charge in [-0.1, -0.05) is 40.0 Å². The van der Waals surface area contributed by atoms with Gasteiger partial charge in [0, 0.05) is 35.3 Å². The molecule has 4 heterocycles. The second-order valence-electron chi connectivity index (χ2n) is 8.16. The number of hydrogen-bond acceptors (Lipinski definition) is 10. The molecule has 0 aliphatic carbocycles. The van der Waals surface area contributed by atoms with Gasteiger partial charge in [-0.3, -0.25) is 25.2 Å². The molecule has 3 amide bonds. The van der Waals surface area contributed by atoms with Crippen molar-refractivity contribution >= 4 is 40.6 Å². The molecule has 0 bridgehead atoms. The molecule has 2 N–H and O–H groups in total. The van der Waals surface area contributed by atoms with Gasteiger partial charge in [-0.25, -0.2) is 4.98 Å². The highest BCUT2D eigenvalue weighted by molar-refractivity contribution is 7.10. The fraction of sp³-hybridized carbons (Fsp3) is 0.261. The van der Waals surface area contributed by atoms with Crippen molar-refractivity contribution < 1.29 is 18.9 Å². The maximum Gasteiger partial charge on any atom is 0.291 e. The van der Waals surface area contributed by atoms with E-state index in [4.69, 9.17) is 4.52 Å². The lowest BCUT2D eigenvalue weighted by Gasteiger charge is -2.31. The number of thiazole rings is 1. The molecule has 0 atom stereocenters. The van der Waals surface area contributed by atoms with Crippen molar-refractivity contribution in [1.29, 1.82) is 0 Å². The second kappa shape index (κ2) is 10.3. The Morgan fingerprint density at radius 3 is 2.44 bits per heavy atom. The molecule has 0 saturated carbocycles. The van der Waals surface area contributed by atoms with Crippen molar-refractivity contribution in [3.05, 3.63) is 68.8 Å². The van der Waals surface area contributed by atoms with E-state index in [-0.39, 0.29) is 23.2 Å². The molecule has 1 saturated heterocycles. The minimum absolute atomic E-state index is 0.101. The van der Waals surface area contributed by atoms with Gasteiger partial charge in [0.05, 0.1) is 5.01 Å². The maximum absolute atomic E-state index is 13.3. The van der Waals surface area contributed by atoms with Crippen molar-refractivity contribution in [2.45, 2.75) is 25.7 Å². The van der Waals surface area contributed by atoms with E-state index in [1.807, 2.05) is 35.2 Å². The van der Waals surface area contributed by atoms with Crippen molar-refractivity contribution in [2.75, 3.05) is 13.1 Å². The molecule has 36 heavy (non-hydrogen) atoms. The van der Waals surface area contributed by atoms with Gasteiger partial charge in [0.1, 0.15) is 22.7 Å². The predicted molar refractivity (Wildman–Crippen MR) is 132 cm³/mol. The number of hydrogen-bond donors (Lipinski definition) is 2. The summed E-state index contributed by atoms with van der Waals surface area (Å²) in [6, 6.07) is 9.50. The minimum Gasteiger partial charge on any atom is -0.360 e. The van der Waals surface area contributed by atoms with Gasteiger partial charge >= 0.3 is 0 Å². The van der Waals surface area contributed by atoms with Crippen LogP contribution in [0.3, 0.4) is 0 Å². The van der Waals surface area contributed by atoms with E-state index in [9.17, 15) is 14.4 Å². The number of piperidine rings is 1. The van der Waals surface area contributed by atoms with Crippen molar-refractivity contribution in [1.82, 2.24) is 35.5 Å². The number of likely N-dealkylation sites (tertiary alicyclic amines) is 1. The van der Waals surface area contributed by atoms with Crippen LogP contribution in [0.2, 0.25) is 0 Å². The standard InChI is InChI=1S/C23H21N7O4S2/c1-13-18(19(28-34-13)14-5-3-2-4-6-14)23(33)30-9-7-15(8-10-30)22-24-16(11-35-22)20(31)26-27-21(32)17-12-36-29-25-17/h2-6,11-12,15H,7-10H2,1H3,(H,26,31)(H,27,32). The third-order valence-electron chi connectivity index (χ3n) is 5.89. The molecule has 0 unspecified atom stereocenters. The van der Waals surface area contributed by atoms with Gasteiger partial charge in [0.15, 0.2) is 5.69 Å². The van der Waals surface area contributed by atoms with Crippen LogP contribution < -0.4 is 10.9 Å². The Balaban J connectivity index is 1.19. The highest BCUT2D eigenvalue weighted by atomic mass is 32.1. The molecule has 13 heteroatoms. The largest absolute Gasteiger partial charge is 0.360 e. The van der Waals surface area contributed by atoms with E-state index >= 15 is 0 Å². The minimum atomic E-state index is -0.553. The third kappa shape index (κ3) is 4.88. The van der Waals surface area contributed by atoms with Crippen molar-refractivity contribution in [2.24, 2.45) is 0 Å². The third-order valence-corrected chi connectivity index (χ3v) is 7.40. The number of hydrazine groups is 1. The van der Waals surface area contributed by atoms with Crippen molar-refractivity contribution in [3.8, 4) is 11.3 Å². The number of carbonyl (C=O) groups is 3. The monoisotopic (exact) mass is 523 g/mol. The van der Waals surface area contributed by atoms with Gasteiger partial charge in [-0.05, 0) is 31.3 Å². The number of benzene rings is 1.